The number of ether oxygens (including phenoxy) is 2. The quantitative estimate of drug-likeness (QED) is 0.907. The maximum absolute atomic E-state index is 5.87. The molecule has 1 aromatic carbocycles. The van der Waals surface area contributed by atoms with Crippen molar-refractivity contribution in [1.82, 2.24) is 5.32 Å². The number of rotatable bonds is 3. The first kappa shape index (κ1) is 14.4. The SMILES string of the molecule is CC1(CNC2CCCOc3cc(Br)ccc32)CCCO1. The summed E-state index contributed by atoms with van der Waals surface area (Å²) in [5.41, 5.74) is 1.27. The average Bonchev–Trinajstić information content (AvgIpc) is 2.76. The molecule has 0 spiro atoms. The number of halogens is 1. The molecule has 110 valence electrons. The van der Waals surface area contributed by atoms with Gasteiger partial charge in [-0.2, -0.15) is 0 Å². The van der Waals surface area contributed by atoms with Crippen LogP contribution in [0.3, 0.4) is 0 Å². The lowest BCUT2D eigenvalue weighted by Crippen LogP contribution is -2.38. The van der Waals surface area contributed by atoms with Crippen molar-refractivity contribution < 1.29 is 9.47 Å². The van der Waals surface area contributed by atoms with Crippen LogP contribution in [0.15, 0.2) is 22.7 Å². The van der Waals surface area contributed by atoms with Crippen LogP contribution in [0.4, 0.5) is 0 Å². The molecule has 0 saturated carbocycles. The number of hydrogen-bond acceptors (Lipinski definition) is 3. The van der Waals surface area contributed by atoms with Gasteiger partial charge in [0.2, 0.25) is 0 Å². The summed E-state index contributed by atoms with van der Waals surface area (Å²) >= 11 is 3.52. The van der Waals surface area contributed by atoms with Gasteiger partial charge >= 0.3 is 0 Å². The van der Waals surface area contributed by atoms with Crippen molar-refractivity contribution in [1.29, 1.82) is 0 Å². The maximum Gasteiger partial charge on any atom is 0.125 e. The summed E-state index contributed by atoms with van der Waals surface area (Å²) in [6, 6.07) is 6.70. The van der Waals surface area contributed by atoms with Crippen molar-refractivity contribution in [3.63, 3.8) is 0 Å². The Bertz CT molecular complexity index is 472. The van der Waals surface area contributed by atoms with Crippen molar-refractivity contribution in [3.05, 3.63) is 28.2 Å². The van der Waals surface area contributed by atoms with E-state index in [0.717, 1.165) is 49.2 Å². The van der Waals surface area contributed by atoms with Gasteiger partial charge in [-0.15, -0.1) is 0 Å². The second-order valence-corrected chi connectivity index (χ2v) is 6.92. The lowest BCUT2D eigenvalue weighted by molar-refractivity contribution is 0.0185. The Balaban J connectivity index is 1.73. The second kappa shape index (κ2) is 6.04. The fourth-order valence-corrected chi connectivity index (χ4v) is 3.41. The molecular weight excluding hydrogens is 318 g/mol. The molecular formula is C16H22BrNO2. The van der Waals surface area contributed by atoms with Crippen molar-refractivity contribution in [3.8, 4) is 5.75 Å². The number of hydrogen-bond donors (Lipinski definition) is 1. The van der Waals surface area contributed by atoms with Gasteiger partial charge < -0.3 is 14.8 Å². The second-order valence-electron chi connectivity index (χ2n) is 6.01. The first-order chi connectivity index (χ1) is 9.66. The maximum atomic E-state index is 5.87. The largest absolute Gasteiger partial charge is 0.493 e. The van der Waals surface area contributed by atoms with E-state index in [1.807, 2.05) is 0 Å². The third kappa shape index (κ3) is 3.18. The minimum Gasteiger partial charge on any atom is -0.493 e. The predicted molar refractivity (Wildman–Crippen MR) is 83.2 cm³/mol. The predicted octanol–water partition coefficient (Wildman–Crippen LogP) is 3.82. The fourth-order valence-electron chi connectivity index (χ4n) is 3.07. The topological polar surface area (TPSA) is 30.5 Å². The van der Waals surface area contributed by atoms with Gasteiger partial charge in [0.1, 0.15) is 5.75 Å². The normalized spacial score (nSPS) is 29.6. The van der Waals surface area contributed by atoms with Crippen molar-refractivity contribution in [2.24, 2.45) is 0 Å². The zero-order valence-corrected chi connectivity index (χ0v) is 13.5. The third-order valence-corrected chi connectivity index (χ3v) is 4.76. The average molecular weight is 340 g/mol. The summed E-state index contributed by atoms with van der Waals surface area (Å²) in [4.78, 5) is 0. The molecule has 1 aromatic rings. The Hall–Kier alpha value is -0.580. The van der Waals surface area contributed by atoms with Gasteiger partial charge in [0.05, 0.1) is 12.2 Å². The van der Waals surface area contributed by atoms with E-state index in [1.165, 1.54) is 12.0 Å². The Morgan fingerprint density at radius 1 is 1.35 bits per heavy atom. The summed E-state index contributed by atoms with van der Waals surface area (Å²) in [5.74, 6) is 1.01. The van der Waals surface area contributed by atoms with Crippen LogP contribution in [0.25, 0.3) is 0 Å². The van der Waals surface area contributed by atoms with E-state index in [1.54, 1.807) is 0 Å². The summed E-state index contributed by atoms with van der Waals surface area (Å²) in [6.07, 6.45) is 4.53. The summed E-state index contributed by atoms with van der Waals surface area (Å²) < 4.78 is 12.8. The summed E-state index contributed by atoms with van der Waals surface area (Å²) in [7, 11) is 0. The van der Waals surface area contributed by atoms with Crippen molar-refractivity contribution in [2.75, 3.05) is 19.8 Å². The van der Waals surface area contributed by atoms with Crippen molar-refractivity contribution in [2.45, 2.75) is 44.2 Å². The van der Waals surface area contributed by atoms with Crippen LogP contribution in [-0.2, 0) is 4.74 Å². The molecule has 2 heterocycles. The monoisotopic (exact) mass is 339 g/mol. The third-order valence-electron chi connectivity index (χ3n) is 4.27. The van der Waals surface area contributed by atoms with Gasteiger partial charge in [0.25, 0.3) is 0 Å². The zero-order chi connectivity index (χ0) is 14.0. The molecule has 0 bridgehead atoms. The highest BCUT2D eigenvalue weighted by molar-refractivity contribution is 9.10. The lowest BCUT2D eigenvalue weighted by Gasteiger charge is -2.27. The number of fused-ring (bicyclic) bond motifs is 1. The zero-order valence-electron chi connectivity index (χ0n) is 12.0. The van der Waals surface area contributed by atoms with E-state index in [4.69, 9.17) is 9.47 Å². The van der Waals surface area contributed by atoms with Crippen LogP contribution in [-0.4, -0.2) is 25.4 Å². The Morgan fingerprint density at radius 2 is 2.25 bits per heavy atom. The van der Waals surface area contributed by atoms with E-state index in [-0.39, 0.29) is 5.60 Å². The number of nitrogens with one attached hydrogen (secondary N) is 1. The van der Waals surface area contributed by atoms with Crippen LogP contribution in [0.2, 0.25) is 0 Å². The Morgan fingerprint density at radius 3 is 3.05 bits per heavy atom. The number of benzene rings is 1. The molecule has 4 heteroatoms. The van der Waals surface area contributed by atoms with E-state index in [9.17, 15) is 0 Å². The molecule has 2 aliphatic heterocycles. The smallest absolute Gasteiger partial charge is 0.125 e. The van der Waals surface area contributed by atoms with Crippen LogP contribution < -0.4 is 10.1 Å². The molecule has 0 radical (unpaired) electrons. The molecule has 1 N–H and O–H groups in total. The van der Waals surface area contributed by atoms with Crippen LogP contribution in [0.5, 0.6) is 5.75 Å². The van der Waals surface area contributed by atoms with Crippen LogP contribution in [0.1, 0.15) is 44.2 Å². The summed E-state index contributed by atoms with van der Waals surface area (Å²) in [6.45, 7) is 4.82. The first-order valence-corrected chi connectivity index (χ1v) is 8.25. The molecule has 2 unspecified atom stereocenters. The highest BCUT2D eigenvalue weighted by Gasteiger charge is 2.31. The minimum absolute atomic E-state index is 0.00267. The molecule has 0 aliphatic carbocycles. The molecule has 0 amide bonds. The van der Waals surface area contributed by atoms with Crippen LogP contribution in [0, 0.1) is 0 Å². The lowest BCUT2D eigenvalue weighted by atomic mass is 9.98. The first-order valence-electron chi connectivity index (χ1n) is 7.46. The summed E-state index contributed by atoms with van der Waals surface area (Å²) in [5, 5.41) is 3.70. The van der Waals surface area contributed by atoms with Gasteiger partial charge in [-0.05, 0) is 44.7 Å². The van der Waals surface area contributed by atoms with E-state index < -0.39 is 0 Å². The van der Waals surface area contributed by atoms with Gasteiger partial charge in [-0.1, -0.05) is 22.0 Å². The molecule has 3 rings (SSSR count). The molecule has 3 nitrogen and oxygen atoms in total. The molecule has 0 aromatic heterocycles. The Labute approximate surface area is 129 Å². The molecule has 1 saturated heterocycles. The van der Waals surface area contributed by atoms with E-state index in [2.05, 4.69) is 46.4 Å². The standard InChI is InChI=1S/C16H22BrNO2/c1-16(7-3-9-20-16)11-18-14-4-2-8-19-15-10-12(17)5-6-13(14)15/h5-6,10,14,18H,2-4,7-9,11H2,1H3. The van der Waals surface area contributed by atoms with Crippen LogP contribution >= 0.6 is 15.9 Å². The molecule has 20 heavy (non-hydrogen) atoms. The van der Waals surface area contributed by atoms with E-state index >= 15 is 0 Å². The molecule has 2 aliphatic rings. The highest BCUT2D eigenvalue weighted by atomic mass is 79.9. The van der Waals surface area contributed by atoms with Crippen molar-refractivity contribution >= 4 is 15.9 Å². The highest BCUT2D eigenvalue weighted by Crippen LogP contribution is 2.34. The molecule has 1 fully saturated rings. The minimum atomic E-state index is 0.00267. The fraction of sp³-hybridized carbons (Fsp3) is 0.625. The van der Waals surface area contributed by atoms with E-state index in [0.29, 0.717) is 6.04 Å². The van der Waals surface area contributed by atoms with Gasteiger partial charge in [-0.3, -0.25) is 0 Å². The molecule has 2 atom stereocenters. The van der Waals surface area contributed by atoms with Gasteiger partial charge in [-0.25, -0.2) is 0 Å². The van der Waals surface area contributed by atoms with Gasteiger partial charge in [0, 0.05) is 29.2 Å². The Kier molecular flexibility index (Phi) is 4.34. The van der Waals surface area contributed by atoms with Gasteiger partial charge in [0.15, 0.2) is 0 Å².